The number of hydrogen-bond donors (Lipinski definition) is 1. The van der Waals surface area contributed by atoms with Gasteiger partial charge in [0.1, 0.15) is 17.2 Å². The molecule has 6 nitrogen and oxygen atoms in total. The highest BCUT2D eigenvalue weighted by atomic mass is 16.5. The molecule has 0 bridgehead atoms. The van der Waals surface area contributed by atoms with Gasteiger partial charge in [-0.3, -0.25) is 9.59 Å². The van der Waals surface area contributed by atoms with Crippen LogP contribution < -0.4 is 19.7 Å². The Kier molecular flexibility index (Phi) is 7.28. The molecule has 6 heteroatoms. The van der Waals surface area contributed by atoms with Crippen molar-refractivity contribution in [2.45, 2.75) is 26.7 Å². The van der Waals surface area contributed by atoms with E-state index in [-0.39, 0.29) is 11.6 Å². The molecule has 1 N–H and O–H groups in total. The summed E-state index contributed by atoms with van der Waals surface area (Å²) in [5, 5.41) is 3.19. The van der Waals surface area contributed by atoms with E-state index in [1.807, 2.05) is 68.4 Å². The van der Waals surface area contributed by atoms with Crippen LogP contribution in [0.15, 0.2) is 84.6 Å². The summed E-state index contributed by atoms with van der Waals surface area (Å²) >= 11 is 0. The number of amides is 2. The van der Waals surface area contributed by atoms with Crippen molar-refractivity contribution in [1.29, 1.82) is 0 Å². The van der Waals surface area contributed by atoms with Crippen molar-refractivity contribution in [3.63, 3.8) is 0 Å². The molecular formula is C28H28N2O4. The first-order chi connectivity index (χ1) is 16.6. The van der Waals surface area contributed by atoms with E-state index in [1.165, 1.54) is 4.90 Å². The van der Waals surface area contributed by atoms with Gasteiger partial charge in [-0.25, -0.2) is 4.90 Å². The number of hydrogen-bond acceptors (Lipinski definition) is 5. The largest absolute Gasteiger partial charge is 0.494 e. The molecule has 3 aromatic rings. The number of nitrogens with one attached hydrogen (secondary N) is 1. The van der Waals surface area contributed by atoms with Crippen molar-refractivity contribution in [3.8, 4) is 11.5 Å². The molecule has 1 aliphatic rings. The number of anilines is 2. The number of rotatable bonds is 10. The minimum absolute atomic E-state index is 0.226. The van der Waals surface area contributed by atoms with Crippen LogP contribution in [-0.2, 0) is 9.59 Å². The Morgan fingerprint density at radius 2 is 1.41 bits per heavy atom. The fourth-order valence-electron chi connectivity index (χ4n) is 3.69. The van der Waals surface area contributed by atoms with Crippen LogP contribution in [0.1, 0.15) is 32.3 Å². The molecule has 4 rings (SSSR count). The SMILES string of the molecule is CCCOc1ccc(C2=C(Nc3cccc(OCCC)c3)C(=O)N(c3ccccc3)C2=O)cc1. The summed E-state index contributed by atoms with van der Waals surface area (Å²) in [5.41, 5.74) is 2.37. The molecule has 0 aliphatic carbocycles. The van der Waals surface area contributed by atoms with Gasteiger partial charge in [0.2, 0.25) is 0 Å². The van der Waals surface area contributed by atoms with Crippen LogP contribution in [0, 0.1) is 0 Å². The third-order valence-electron chi connectivity index (χ3n) is 5.29. The number of ether oxygens (including phenoxy) is 2. The van der Waals surface area contributed by atoms with Gasteiger partial charge in [-0.15, -0.1) is 0 Å². The van der Waals surface area contributed by atoms with Gasteiger partial charge < -0.3 is 14.8 Å². The molecule has 0 saturated heterocycles. The summed E-state index contributed by atoms with van der Waals surface area (Å²) in [6.07, 6.45) is 1.80. The average Bonchev–Trinajstić information content (AvgIpc) is 3.11. The van der Waals surface area contributed by atoms with Crippen LogP contribution in [0.4, 0.5) is 11.4 Å². The Bertz CT molecular complexity index is 1190. The molecule has 0 spiro atoms. The van der Waals surface area contributed by atoms with Crippen LogP contribution >= 0.6 is 0 Å². The van der Waals surface area contributed by atoms with E-state index in [4.69, 9.17) is 9.47 Å². The van der Waals surface area contributed by atoms with Crippen LogP contribution in [-0.4, -0.2) is 25.0 Å². The van der Waals surface area contributed by atoms with Gasteiger partial charge in [0.05, 0.1) is 24.5 Å². The molecule has 2 amide bonds. The lowest BCUT2D eigenvalue weighted by atomic mass is 10.0. The van der Waals surface area contributed by atoms with Crippen LogP contribution in [0.25, 0.3) is 5.57 Å². The van der Waals surface area contributed by atoms with Crippen molar-refractivity contribution in [2.75, 3.05) is 23.4 Å². The minimum Gasteiger partial charge on any atom is -0.494 e. The molecule has 0 fully saturated rings. The van der Waals surface area contributed by atoms with Crippen molar-refractivity contribution >= 4 is 28.8 Å². The van der Waals surface area contributed by atoms with Crippen molar-refractivity contribution in [3.05, 3.63) is 90.1 Å². The lowest BCUT2D eigenvalue weighted by Gasteiger charge is -2.15. The summed E-state index contributed by atoms with van der Waals surface area (Å²) in [4.78, 5) is 28.2. The maximum Gasteiger partial charge on any atom is 0.282 e. The zero-order valence-electron chi connectivity index (χ0n) is 19.4. The molecule has 3 aromatic carbocycles. The summed E-state index contributed by atoms with van der Waals surface area (Å²) in [6, 6.07) is 23.6. The van der Waals surface area contributed by atoms with Gasteiger partial charge in [0, 0.05) is 11.8 Å². The Labute approximate surface area is 199 Å². The van der Waals surface area contributed by atoms with Crippen LogP contribution in [0.5, 0.6) is 11.5 Å². The first kappa shape index (κ1) is 23.1. The minimum atomic E-state index is -0.405. The van der Waals surface area contributed by atoms with Gasteiger partial charge in [-0.1, -0.05) is 50.2 Å². The average molecular weight is 457 g/mol. The van der Waals surface area contributed by atoms with E-state index in [0.29, 0.717) is 41.5 Å². The predicted molar refractivity (Wildman–Crippen MR) is 134 cm³/mol. The molecule has 0 atom stereocenters. The highest BCUT2D eigenvalue weighted by molar-refractivity contribution is 6.46. The predicted octanol–water partition coefficient (Wildman–Crippen LogP) is 5.66. The molecule has 174 valence electrons. The summed E-state index contributed by atoms with van der Waals surface area (Å²) in [6.45, 7) is 5.30. The maximum absolute atomic E-state index is 13.5. The Balaban J connectivity index is 1.72. The quantitative estimate of drug-likeness (QED) is 0.399. The van der Waals surface area contributed by atoms with Gasteiger partial charge in [0.25, 0.3) is 11.8 Å². The molecule has 0 saturated carbocycles. The molecule has 1 heterocycles. The summed E-state index contributed by atoms with van der Waals surface area (Å²) < 4.78 is 11.4. The number of carbonyl (C=O) groups excluding carboxylic acids is 2. The molecule has 1 aliphatic heterocycles. The molecular weight excluding hydrogens is 428 g/mol. The second-order valence-electron chi connectivity index (χ2n) is 7.91. The van der Waals surface area contributed by atoms with Crippen molar-refractivity contribution in [1.82, 2.24) is 0 Å². The lowest BCUT2D eigenvalue weighted by molar-refractivity contribution is -0.120. The van der Waals surface area contributed by atoms with Gasteiger partial charge in [-0.05, 0) is 54.8 Å². The fourth-order valence-corrected chi connectivity index (χ4v) is 3.69. The molecule has 0 radical (unpaired) electrons. The van der Waals surface area contributed by atoms with E-state index in [9.17, 15) is 9.59 Å². The number of para-hydroxylation sites is 1. The van der Waals surface area contributed by atoms with Crippen molar-refractivity contribution < 1.29 is 19.1 Å². The first-order valence-electron chi connectivity index (χ1n) is 11.5. The second-order valence-corrected chi connectivity index (χ2v) is 7.91. The van der Waals surface area contributed by atoms with E-state index in [2.05, 4.69) is 5.32 Å². The third kappa shape index (κ3) is 4.96. The Hall–Kier alpha value is -4.06. The van der Waals surface area contributed by atoms with Gasteiger partial charge in [0.15, 0.2) is 0 Å². The number of nitrogens with zero attached hydrogens (tertiary/aromatic N) is 1. The smallest absolute Gasteiger partial charge is 0.282 e. The Morgan fingerprint density at radius 3 is 2.09 bits per heavy atom. The van der Waals surface area contributed by atoms with E-state index < -0.39 is 5.91 Å². The molecule has 34 heavy (non-hydrogen) atoms. The highest BCUT2D eigenvalue weighted by Crippen LogP contribution is 2.34. The standard InChI is InChI=1S/C28H28N2O4/c1-3-17-33-23-15-13-20(14-16-23)25-26(29-21-9-8-12-24(19-21)34-18-4-2)28(32)30(27(25)31)22-10-6-5-7-11-22/h5-16,19,29H,3-4,17-18H2,1-2H3. The van der Waals surface area contributed by atoms with Crippen LogP contribution in [0.3, 0.4) is 0 Å². The highest BCUT2D eigenvalue weighted by Gasteiger charge is 2.40. The number of benzene rings is 3. The number of carbonyl (C=O) groups is 2. The van der Waals surface area contributed by atoms with Crippen LogP contribution in [0.2, 0.25) is 0 Å². The maximum atomic E-state index is 13.5. The third-order valence-corrected chi connectivity index (χ3v) is 5.29. The monoisotopic (exact) mass is 456 g/mol. The second kappa shape index (κ2) is 10.7. The van der Waals surface area contributed by atoms with Crippen molar-refractivity contribution in [2.24, 2.45) is 0 Å². The summed E-state index contributed by atoms with van der Waals surface area (Å²) in [7, 11) is 0. The van der Waals surface area contributed by atoms with Gasteiger partial charge in [-0.2, -0.15) is 0 Å². The zero-order chi connectivity index (χ0) is 23.9. The van der Waals surface area contributed by atoms with E-state index in [1.54, 1.807) is 24.3 Å². The normalized spacial score (nSPS) is 13.4. The molecule has 0 aromatic heterocycles. The summed E-state index contributed by atoms with van der Waals surface area (Å²) in [5.74, 6) is 0.637. The fraction of sp³-hybridized carbons (Fsp3) is 0.214. The van der Waals surface area contributed by atoms with E-state index >= 15 is 0 Å². The van der Waals surface area contributed by atoms with Gasteiger partial charge >= 0.3 is 0 Å². The topological polar surface area (TPSA) is 67.9 Å². The lowest BCUT2D eigenvalue weighted by Crippen LogP contribution is -2.32. The van der Waals surface area contributed by atoms with E-state index in [0.717, 1.165) is 18.6 Å². The molecule has 0 unspecified atom stereocenters. The first-order valence-corrected chi connectivity index (χ1v) is 11.5. The Morgan fingerprint density at radius 1 is 0.735 bits per heavy atom. The number of imide groups is 1. The zero-order valence-corrected chi connectivity index (χ0v) is 19.4.